The van der Waals surface area contributed by atoms with Crippen LogP contribution < -0.4 is 4.74 Å². The molecular formula is C24H28Cl2FO2Ti. The Kier molecular flexibility index (Phi) is 12.9. The van der Waals surface area contributed by atoms with Gasteiger partial charge >= 0.3 is 97.9 Å². The number of phenols is 1. The molecule has 0 fully saturated rings. The molecule has 0 saturated carbocycles. The number of halogens is 3. The van der Waals surface area contributed by atoms with Crippen molar-refractivity contribution in [2.75, 3.05) is 7.11 Å². The Balaban J connectivity index is 0.000000531. The summed E-state index contributed by atoms with van der Waals surface area (Å²) in [6.07, 6.45) is 0. The Morgan fingerprint density at radius 1 is 0.833 bits per heavy atom. The van der Waals surface area contributed by atoms with Crippen LogP contribution in [-0.2, 0) is 24.6 Å². The minimum atomic E-state index is -1.53. The molecular weight excluding hydrogens is 458 g/mol. The molecule has 0 aromatic heterocycles. The zero-order chi connectivity index (χ0) is 20.6. The standard InChI is InChI=1S/C13H10.C11H16O2.2ClH.FH.Ti/c1-3-7-12(8-4-1)11-13-9-5-2-6-10-13;1-11(2,3)8-5-9(12)7-10(6-8)13-4;;;;/h1-10H;5-7,12H,1-4H3;3*1H;/q;;;;;+1/p-1. The van der Waals surface area contributed by atoms with E-state index in [4.69, 9.17) is 4.74 Å². The van der Waals surface area contributed by atoms with Crippen molar-refractivity contribution < 1.29 is 32.2 Å². The number of phenolic OH excluding ortho intramolecular Hbond substituents is 1. The van der Waals surface area contributed by atoms with Crippen molar-refractivity contribution in [1.82, 2.24) is 0 Å². The van der Waals surface area contributed by atoms with Crippen LogP contribution in [0.25, 0.3) is 0 Å². The molecule has 30 heavy (non-hydrogen) atoms. The van der Waals surface area contributed by atoms with Gasteiger partial charge in [-0.25, -0.2) is 0 Å². The van der Waals surface area contributed by atoms with Crippen LogP contribution in [-0.4, -0.2) is 16.0 Å². The van der Waals surface area contributed by atoms with Crippen LogP contribution in [0.3, 0.4) is 0 Å². The summed E-state index contributed by atoms with van der Waals surface area (Å²) in [5, 5.41) is 9.41. The van der Waals surface area contributed by atoms with Gasteiger partial charge in [-0.05, 0) is 23.1 Å². The molecule has 0 aliphatic rings. The average molecular weight is 486 g/mol. The quantitative estimate of drug-likeness (QED) is 0.415. The Labute approximate surface area is 200 Å². The monoisotopic (exact) mass is 485 g/mol. The molecule has 0 heterocycles. The maximum atomic E-state index is 13.1. The molecule has 0 spiro atoms. The van der Waals surface area contributed by atoms with E-state index in [9.17, 15) is 8.20 Å². The first-order valence-electron chi connectivity index (χ1n) is 9.08. The summed E-state index contributed by atoms with van der Waals surface area (Å²) in [7, 11) is 1.60. The van der Waals surface area contributed by atoms with Crippen molar-refractivity contribution in [3.63, 3.8) is 0 Å². The van der Waals surface area contributed by atoms with E-state index < -0.39 is 19.2 Å². The van der Waals surface area contributed by atoms with Gasteiger partial charge in [0.05, 0.1) is 7.11 Å². The van der Waals surface area contributed by atoms with E-state index in [0.29, 0.717) is 5.75 Å². The van der Waals surface area contributed by atoms with E-state index in [0.717, 1.165) is 20.5 Å². The van der Waals surface area contributed by atoms with Crippen molar-refractivity contribution >= 4 is 28.6 Å². The third kappa shape index (κ3) is 8.61. The summed E-state index contributed by atoms with van der Waals surface area (Å²) in [4.78, 5) is 0. The molecule has 0 aliphatic heterocycles. The summed E-state index contributed by atoms with van der Waals surface area (Å²) in [6.45, 7) is 6.30. The van der Waals surface area contributed by atoms with Gasteiger partial charge in [0.2, 0.25) is 0 Å². The van der Waals surface area contributed by atoms with Crippen LogP contribution in [0.2, 0.25) is 0 Å². The Hall–Kier alpha value is -1.65. The average Bonchev–Trinajstić information content (AvgIpc) is 2.69. The zero-order valence-corrected chi connectivity index (χ0v) is 20.8. The second-order valence-electron chi connectivity index (χ2n) is 7.37. The van der Waals surface area contributed by atoms with Crippen LogP contribution in [0.15, 0.2) is 78.9 Å². The molecule has 3 aromatic rings. The molecule has 3 rings (SSSR count). The Morgan fingerprint density at radius 2 is 1.30 bits per heavy atom. The second-order valence-corrected chi connectivity index (χ2v) is 8.45. The van der Waals surface area contributed by atoms with Crippen molar-refractivity contribution in [2.45, 2.75) is 26.2 Å². The van der Waals surface area contributed by atoms with Crippen molar-refractivity contribution in [3.8, 4) is 11.5 Å². The SMILES string of the molecule is COc1cc(O)cc(C(C)(C)C)c1.Cl.Cl.[F][Ti]=[C](c1ccccc1)c1ccccc1. The fourth-order valence-electron chi connectivity index (χ4n) is 2.62. The van der Waals surface area contributed by atoms with Gasteiger partial charge in [0.1, 0.15) is 11.5 Å². The molecule has 0 atom stereocenters. The van der Waals surface area contributed by atoms with E-state index in [1.165, 1.54) is 0 Å². The number of ether oxygens (including phenoxy) is 1. The molecule has 3 aromatic carbocycles. The minimum absolute atomic E-state index is 0. The molecule has 0 unspecified atom stereocenters. The fraction of sp³-hybridized carbons (Fsp3) is 0.208. The Bertz CT molecular complexity index is 870. The van der Waals surface area contributed by atoms with Crippen LogP contribution in [0.4, 0.5) is 3.09 Å². The van der Waals surface area contributed by atoms with E-state index in [1.54, 1.807) is 19.2 Å². The van der Waals surface area contributed by atoms with Gasteiger partial charge < -0.3 is 9.84 Å². The van der Waals surface area contributed by atoms with Gasteiger partial charge in [-0.3, -0.25) is 0 Å². The van der Waals surface area contributed by atoms with Gasteiger partial charge in [-0.15, -0.1) is 24.8 Å². The molecule has 161 valence electrons. The fourth-order valence-corrected chi connectivity index (χ4v) is 3.48. The van der Waals surface area contributed by atoms with E-state index >= 15 is 0 Å². The van der Waals surface area contributed by atoms with Gasteiger partial charge in [0.25, 0.3) is 0 Å². The summed E-state index contributed by atoms with van der Waals surface area (Å²) >= 11 is -1.53. The first-order valence-corrected chi connectivity index (χ1v) is 10.4. The van der Waals surface area contributed by atoms with E-state index in [2.05, 4.69) is 20.8 Å². The van der Waals surface area contributed by atoms with Crippen molar-refractivity contribution in [2.24, 2.45) is 0 Å². The summed E-state index contributed by atoms with van der Waals surface area (Å²) < 4.78 is 19.1. The van der Waals surface area contributed by atoms with Gasteiger partial charge in [-0.1, -0.05) is 20.8 Å². The van der Waals surface area contributed by atoms with Crippen LogP contribution in [0, 0.1) is 0 Å². The number of hydrogen-bond donors (Lipinski definition) is 1. The van der Waals surface area contributed by atoms with Gasteiger partial charge in [-0.2, -0.15) is 0 Å². The zero-order valence-electron chi connectivity index (χ0n) is 17.6. The van der Waals surface area contributed by atoms with Gasteiger partial charge in [0.15, 0.2) is 0 Å². The molecule has 6 heteroatoms. The predicted octanol–water partition coefficient (Wildman–Crippen LogP) is 6.76. The number of aromatic hydroxyl groups is 1. The number of benzene rings is 3. The number of hydrogen-bond acceptors (Lipinski definition) is 2. The van der Waals surface area contributed by atoms with Crippen LogP contribution in [0.1, 0.15) is 37.5 Å². The molecule has 0 saturated heterocycles. The predicted molar refractivity (Wildman–Crippen MR) is 125 cm³/mol. The molecule has 1 N–H and O–H groups in total. The van der Waals surface area contributed by atoms with Crippen molar-refractivity contribution in [3.05, 3.63) is 95.6 Å². The number of rotatable bonds is 3. The van der Waals surface area contributed by atoms with Gasteiger partial charge in [0, 0.05) is 6.07 Å². The van der Waals surface area contributed by atoms with Crippen LogP contribution >= 0.6 is 24.8 Å². The maximum absolute atomic E-state index is 13.1. The summed E-state index contributed by atoms with van der Waals surface area (Å²) in [5.74, 6) is 0.953. The number of methoxy groups -OCH3 is 1. The topological polar surface area (TPSA) is 29.5 Å². The molecule has 0 bridgehead atoms. The second kappa shape index (κ2) is 13.6. The van der Waals surface area contributed by atoms with Crippen molar-refractivity contribution in [1.29, 1.82) is 0 Å². The van der Waals surface area contributed by atoms with Crippen LogP contribution in [0.5, 0.6) is 11.5 Å². The third-order valence-corrected chi connectivity index (χ3v) is 5.41. The normalized spacial score (nSPS) is 9.63. The molecule has 0 aliphatic carbocycles. The molecule has 2 nitrogen and oxygen atoms in total. The summed E-state index contributed by atoms with van der Waals surface area (Å²) in [6, 6.07) is 24.8. The first-order chi connectivity index (χ1) is 13.3. The van der Waals surface area contributed by atoms with E-state index in [-0.39, 0.29) is 36.0 Å². The first kappa shape index (κ1) is 28.4. The Morgan fingerprint density at radius 3 is 1.67 bits per heavy atom. The molecule has 0 amide bonds. The third-order valence-electron chi connectivity index (χ3n) is 4.21. The molecule has 0 radical (unpaired) electrons. The van der Waals surface area contributed by atoms with E-state index in [1.807, 2.05) is 66.7 Å². The summed E-state index contributed by atoms with van der Waals surface area (Å²) in [5.41, 5.74) is 3.12.